The highest BCUT2D eigenvalue weighted by Gasteiger charge is 2.35. The third-order valence-electron chi connectivity index (χ3n) is 8.11. The van der Waals surface area contributed by atoms with Gasteiger partial charge in [0, 0.05) is 18.1 Å². The van der Waals surface area contributed by atoms with Crippen LogP contribution in [-0.2, 0) is 0 Å². The van der Waals surface area contributed by atoms with E-state index < -0.39 is 0 Å². The Kier molecular flexibility index (Phi) is 7.91. The van der Waals surface area contributed by atoms with Gasteiger partial charge in [-0.05, 0) is 38.5 Å². The van der Waals surface area contributed by atoms with Crippen LogP contribution in [0.5, 0.6) is 0 Å². The minimum absolute atomic E-state index is 0.856. The van der Waals surface area contributed by atoms with Gasteiger partial charge in [-0.3, -0.25) is 14.7 Å². The Morgan fingerprint density at radius 3 is 0.741 bits per heavy atom. The van der Waals surface area contributed by atoms with Gasteiger partial charge in [-0.2, -0.15) is 0 Å². The summed E-state index contributed by atoms with van der Waals surface area (Å²) in [7, 11) is 0. The third-order valence-corrected chi connectivity index (χ3v) is 8.11. The molecule has 4 rings (SSSR count). The topological polar surface area (TPSA) is 9.72 Å². The molecule has 3 saturated carbocycles. The van der Waals surface area contributed by atoms with Crippen molar-refractivity contribution in [3.05, 3.63) is 0 Å². The van der Waals surface area contributed by atoms with Gasteiger partial charge in [-0.15, -0.1) is 0 Å². The summed E-state index contributed by atoms with van der Waals surface area (Å²) in [5.41, 5.74) is 0. The molecule has 0 unspecified atom stereocenters. The Morgan fingerprint density at radius 2 is 0.519 bits per heavy atom. The molecular weight excluding hydrogens is 330 g/mol. The number of nitrogens with zero attached hydrogens (tertiary/aromatic N) is 3. The van der Waals surface area contributed by atoms with Crippen LogP contribution in [0.3, 0.4) is 0 Å². The van der Waals surface area contributed by atoms with E-state index in [1.807, 2.05) is 0 Å². The van der Waals surface area contributed by atoms with Crippen molar-refractivity contribution in [3.8, 4) is 0 Å². The lowest BCUT2D eigenvalue weighted by molar-refractivity contribution is -0.0915. The second-order valence-corrected chi connectivity index (χ2v) is 10.1. The zero-order chi connectivity index (χ0) is 18.3. The third kappa shape index (κ3) is 5.70. The Bertz CT molecular complexity index is 334. The Balaban J connectivity index is 1.46. The lowest BCUT2D eigenvalue weighted by Gasteiger charge is -2.50. The molecule has 0 radical (unpaired) electrons. The molecule has 0 N–H and O–H groups in total. The summed E-state index contributed by atoms with van der Waals surface area (Å²) in [6.45, 7) is 3.79. The second kappa shape index (κ2) is 10.6. The number of hydrogen-bond acceptors (Lipinski definition) is 3. The first-order valence-electron chi connectivity index (χ1n) is 12.6. The monoisotopic (exact) mass is 375 g/mol. The van der Waals surface area contributed by atoms with Crippen molar-refractivity contribution in [1.29, 1.82) is 0 Å². The van der Waals surface area contributed by atoms with E-state index in [-0.39, 0.29) is 0 Å². The van der Waals surface area contributed by atoms with Crippen molar-refractivity contribution in [3.63, 3.8) is 0 Å². The van der Waals surface area contributed by atoms with E-state index in [0.29, 0.717) is 0 Å². The predicted molar refractivity (Wildman–Crippen MR) is 115 cm³/mol. The summed E-state index contributed by atoms with van der Waals surface area (Å²) in [5, 5.41) is 0. The molecule has 4 aliphatic rings. The summed E-state index contributed by atoms with van der Waals surface area (Å²) >= 11 is 0. The van der Waals surface area contributed by atoms with E-state index in [9.17, 15) is 0 Å². The van der Waals surface area contributed by atoms with Crippen molar-refractivity contribution in [2.75, 3.05) is 20.0 Å². The molecule has 0 aromatic carbocycles. The standard InChI is InChI=1S/C24H45N3/c1-2-8-14-22(13-7-1)25-19-26(23-15-9-3-4-10-16-23)21-27(20-25)24-17-11-5-6-12-18-24/h22-24H,1-21H2. The molecule has 0 amide bonds. The average Bonchev–Trinajstić information content (AvgIpc) is 3.23. The molecule has 0 aromatic heterocycles. The molecule has 156 valence electrons. The van der Waals surface area contributed by atoms with E-state index in [1.54, 1.807) is 0 Å². The summed E-state index contributed by atoms with van der Waals surface area (Å²) in [5.74, 6) is 0. The molecule has 27 heavy (non-hydrogen) atoms. The van der Waals surface area contributed by atoms with E-state index in [4.69, 9.17) is 0 Å². The van der Waals surface area contributed by atoms with E-state index in [0.717, 1.165) is 18.1 Å². The van der Waals surface area contributed by atoms with Gasteiger partial charge in [0.25, 0.3) is 0 Å². The van der Waals surface area contributed by atoms with Crippen LogP contribution in [0, 0.1) is 0 Å². The van der Waals surface area contributed by atoms with Gasteiger partial charge in [0.15, 0.2) is 0 Å². The van der Waals surface area contributed by atoms with Crippen LogP contribution >= 0.6 is 0 Å². The average molecular weight is 376 g/mol. The van der Waals surface area contributed by atoms with Crippen LogP contribution in [0.1, 0.15) is 116 Å². The first kappa shape index (κ1) is 20.2. The summed E-state index contributed by atoms with van der Waals surface area (Å²) in [4.78, 5) is 8.76. The second-order valence-electron chi connectivity index (χ2n) is 10.1. The van der Waals surface area contributed by atoms with Crippen LogP contribution in [0.15, 0.2) is 0 Å². The fourth-order valence-corrected chi connectivity index (χ4v) is 6.40. The highest BCUT2D eigenvalue weighted by molar-refractivity contribution is 4.85. The molecule has 1 aliphatic heterocycles. The first-order chi connectivity index (χ1) is 13.4. The van der Waals surface area contributed by atoms with E-state index in [2.05, 4.69) is 14.7 Å². The van der Waals surface area contributed by atoms with Gasteiger partial charge in [-0.1, -0.05) is 77.0 Å². The largest absolute Gasteiger partial charge is 0.274 e. The molecule has 4 fully saturated rings. The van der Waals surface area contributed by atoms with E-state index >= 15 is 0 Å². The van der Waals surface area contributed by atoms with Crippen molar-refractivity contribution in [1.82, 2.24) is 14.7 Å². The molecular formula is C24H45N3. The normalized spacial score (nSPS) is 30.7. The molecule has 0 bridgehead atoms. The summed E-state index contributed by atoms with van der Waals surface area (Å²) < 4.78 is 0. The van der Waals surface area contributed by atoms with Gasteiger partial charge in [-0.25, -0.2) is 0 Å². The smallest absolute Gasteiger partial charge is 0.0535 e. The van der Waals surface area contributed by atoms with Gasteiger partial charge in [0.2, 0.25) is 0 Å². The molecule has 0 aromatic rings. The van der Waals surface area contributed by atoms with Crippen LogP contribution in [-0.4, -0.2) is 52.8 Å². The fourth-order valence-electron chi connectivity index (χ4n) is 6.40. The summed E-state index contributed by atoms with van der Waals surface area (Å²) in [6.07, 6.45) is 26.4. The maximum atomic E-state index is 2.92. The van der Waals surface area contributed by atoms with Gasteiger partial charge < -0.3 is 0 Å². The van der Waals surface area contributed by atoms with E-state index in [1.165, 1.54) is 136 Å². The maximum absolute atomic E-state index is 2.92. The number of hydrogen-bond donors (Lipinski definition) is 0. The van der Waals surface area contributed by atoms with Crippen molar-refractivity contribution >= 4 is 0 Å². The van der Waals surface area contributed by atoms with Crippen LogP contribution < -0.4 is 0 Å². The van der Waals surface area contributed by atoms with Crippen LogP contribution in [0.4, 0.5) is 0 Å². The van der Waals surface area contributed by atoms with Gasteiger partial charge in [0.1, 0.15) is 0 Å². The highest BCUT2D eigenvalue weighted by Crippen LogP contribution is 2.31. The first-order valence-corrected chi connectivity index (χ1v) is 12.6. The van der Waals surface area contributed by atoms with Gasteiger partial charge in [0.05, 0.1) is 20.0 Å². The molecule has 3 nitrogen and oxygen atoms in total. The van der Waals surface area contributed by atoms with Crippen molar-refractivity contribution in [2.45, 2.75) is 134 Å². The summed E-state index contributed by atoms with van der Waals surface area (Å²) in [6, 6.07) is 2.57. The van der Waals surface area contributed by atoms with Crippen molar-refractivity contribution < 1.29 is 0 Å². The fraction of sp³-hybridized carbons (Fsp3) is 1.00. The lowest BCUT2D eigenvalue weighted by Crippen LogP contribution is -2.61. The molecule has 3 heteroatoms. The predicted octanol–water partition coefficient (Wildman–Crippen LogP) is 5.95. The molecule has 3 aliphatic carbocycles. The minimum Gasteiger partial charge on any atom is -0.274 e. The molecule has 0 spiro atoms. The lowest BCUT2D eigenvalue weighted by atomic mass is 10.0. The van der Waals surface area contributed by atoms with Crippen molar-refractivity contribution in [2.24, 2.45) is 0 Å². The Morgan fingerprint density at radius 1 is 0.296 bits per heavy atom. The molecule has 1 saturated heterocycles. The van der Waals surface area contributed by atoms with Crippen LogP contribution in [0.25, 0.3) is 0 Å². The Labute approximate surface area is 168 Å². The molecule has 0 atom stereocenters. The zero-order valence-corrected chi connectivity index (χ0v) is 17.9. The Hall–Kier alpha value is -0.120. The zero-order valence-electron chi connectivity index (χ0n) is 17.9. The van der Waals surface area contributed by atoms with Crippen LogP contribution in [0.2, 0.25) is 0 Å². The SMILES string of the molecule is C1CCCC(N2CN(C3CCCCCC3)CN(C3CCCCCC3)C2)CC1. The quantitative estimate of drug-likeness (QED) is 0.565. The maximum Gasteiger partial charge on any atom is 0.0535 e. The number of rotatable bonds is 3. The highest BCUT2D eigenvalue weighted by atomic mass is 15.5. The van der Waals surface area contributed by atoms with Gasteiger partial charge >= 0.3 is 0 Å². The minimum atomic E-state index is 0.856. The molecule has 1 heterocycles.